The van der Waals surface area contributed by atoms with Gasteiger partial charge in [-0.2, -0.15) is 0 Å². The quantitative estimate of drug-likeness (QED) is 0.793. The van der Waals surface area contributed by atoms with E-state index in [1.165, 1.54) is 31.4 Å². The van der Waals surface area contributed by atoms with Crippen LogP contribution in [0.15, 0.2) is 36.7 Å². The molecular weight excluding hydrogens is 359 g/mol. The van der Waals surface area contributed by atoms with Gasteiger partial charge in [0.1, 0.15) is 24.1 Å². The van der Waals surface area contributed by atoms with Gasteiger partial charge in [-0.3, -0.25) is 4.79 Å². The van der Waals surface area contributed by atoms with Crippen LogP contribution in [0.4, 0.5) is 10.2 Å². The van der Waals surface area contributed by atoms with E-state index >= 15 is 0 Å². The second-order valence-corrected chi connectivity index (χ2v) is 7.43. The van der Waals surface area contributed by atoms with E-state index < -0.39 is 0 Å². The molecule has 0 spiro atoms. The van der Waals surface area contributed by atoms with Crippen LogP contribution in [0.5, 0.6) is 5.88 Å². The fourth-order valence-corrected chi connectivity index (χ4v) is 3.80. The molecule has 2 saturated heterocycles. The van der Waals surface area contributed by atoms with Gasteiger partial charge in [0, 0.05) is 32.1 Å². The molecule has 2 aliphatic heterocycles. The summed E-state index contributed by atoms with van der Waals surface area (Å²) in [6.07, 6.45) is 6.18. The van der Waals surface area contributed by atoms with E-state index in [0.717, 1.165) is 30.9 Å². The van der Waals surface area contributed by atoms with Gasteiger partial charge < -0.3 is 14.5 Å². The molecule has 0 bridgehead atoms. The fourth-order valence-electron chi connectivity index (χ4n) is 3.80. The van der Waals surface area contributed by atoms with Gasteiger partial charge in [0.2, 0.25) is 11.8 Å². The van der Waals surface area contributed by atoms with E-state index in [4.69, 9.17) is 4.74 Å². The predicted octanol–water partition coefficient (Wildman–Crippen LogP) is 2.83. The first-order valence-electron chi connectivity index (χ1n) is 9.93. The number of aromatic nitrogens is 2. The summed E-state index contributed by atoms with van der Waals surface area (Å²) in [5.74, 6) is 1.22. The highest BCUT2D eigenvalue weighted by atomic mass is 19.1. The van der Waals surface area contributed by atoms with E-state index in [2.05, 4.69) is 14.9 Å². The Morgan fingerprint density at radius 1 is 1.11 bits per heavy atom. The lowest BCUT2D eigenvalue weighted by atomic mass is 10.1. The third-order valence-electron chi connectivity index (χ3n) is 5.36. The van der Waals surface area contributed by atoms with Gasteiger partial charge in [0.05, 0.1) is 13.0 Å². The Hall–Kier alpha value is -2.70. The molecule has 3 heterocycles. The predicted molar refractivity (Wildman–Crippen MR) is 104 cm³/mol. The van der Waals surface area contributed by atoms with Crippen LogP contribution < -0.4 is 9.64 Å². The standard InChI is InChI=1S/C21H25FN4O2/c22-17-6-4-16(5-7-17)12-21(27)26-11-8-18(14-26)28-20-13-19(23-15-24-20)25-9-2-1-3-10-25/h4-7,13,15,18H,1-3,8-12,14H2. The zero-order chi connectivity index (χ0) is 19.3. The van der Waals surface area contributed by atoms with Crippen LogP contribution in [0.1, 0.15) is 31.2 Å². The molecule has 7 heteroatoms. The van der Waals surface area contributed by atoms with Crippen LogP contribution in [0.25, 0.3) is 0 Å². The molecule has 2 fully saturated rings. The number of nitrogens with zero attached hydrogens (tertiary/aromatic N) is 4. The minimum atomic E-state index is -0.292. The van der Waals surface area contributed by atoms with Crippen LogP contribution in [-0.2, 0) is 11.2 Å². The Balaban J connectivity index is 1.32. The monoisotopic (exact) mass is 384 g/mol. The van der Waals surface area contributed by atoms with E-state index in [0.29, 0.717) is 19.0 Å². The highest BCUT2D eigenvalue weighted by molar-refractivity contribution is 5.79. The zero-order valence-corrected chi connectivity index (χ0v) is 15.9. The molecule has 0 saturated carbocycles. The second kappa shape index (κ2) is 8.54. The Morgan fingerprint density at radius 2 is 1.89 bits per heavy atom. The summed E-state index contributed by atoms with van der Waals surface area (Å²) >= 11 is 0. The number of carbonyl (C=O) groups excluding carboxylic acids is 1. The zero-order valence-electron chi connectivity index (χ0n) is 15.9. The van der Waals surface area contributed by atoms with E-state index in [9.17, 15) is 9.18 Å². The largest absolute Gasteiger partial charge is 0.472 e. The molecule has 28 heavy (non-hydrogen) atoms. The van der Waals surface area contributed by atoms with Crippen molar-refractivity contribution in [3.63, 3.8) is 0 Å². The number of benzene rings is 1. The first kappa shape index (κ1) is 18.7. The van der Waals surface area contributed by atoms with Crippen molar-refractivity contribution in [2.45, 2.75) is 38.2 Å². The molecule has 1 aromatic carbocycles. The summed E-state index contributed by atoms with van der Waals surface area (Å²) in [5.41, 5.74) is 0.817. The van der Waals surface area contributed by atoms with Gasteiger partial charge in [-0.05, 0) is 37.0 Å². The highest BCUT2D eigenvalue weighted by Gasteiger charge is 2.28. The molecule has 0 radical (unpaired) electrons. The number of likely N-dealkylation sites (tertiary alicyclic amines) is 1. The second-order valence-electron chi connectivity index (χ2n) is 7.43. The van der Waals surface area contributed by atoms with Crippen LogP contribution in [-0.4, -0.2) is 53.1 Å². The van der Waals surface area contributed by atoms with E-state index in [-0.39, 0.29) is 24.2 Å². The van der Waals surface area contributed by atoms with Gasteiger partial charge in [-0.25, -0.2) is 14.4 Å². The number of hydrogen-bond acceptors (Lipinski definition) is 5. The number of piperidine rings is 1. The van der Waals surface area contributed by atoms with Crippen LogP contribution in [0, 0.1) is 5.82 Å². The molecular formula is C21H25FN4O2. The Morgan fingerprint density at radius 3 is 2.68 bits per heavy atom. The highest BCUT2D eigenvalue weighted by Crippen LogP contribution is 2.23. The summed E-state index contributed by atoms with van der Waals surface area (Å²) in [6, 6.07) is 7.97. The molecule has 1 aromatic heterocycles. The number of rotatable bonds is 5. The number of hydrogen-bond donors (Lipinski definition) is 0. The van der Waals surface area contributed by atoms with Crippen molar-refractivity contribution in [1.82, 2.24) is 14.9 Å². The molecule has 0 aliphatic carbocycles. The maximum Gasteiger partial charge on any atom is 0.227 e. The number of carbonyl (C=O) groups is 1. The van der Waals surface area contributed by atoms with Crippen molar-refractivity contribution in [3.05, 3.63) is 48.0 Å². The van der Waals surface area contributed by atoms with Crippen molar-refractivity contribution in [3.8, 4) is 5.88 Å². The van der Waals surface area contributed by atoms with Gasteiger partial charge in [-0.1, -0.05) is 12.1 Å². The number of ether oxygens (including phenoxy) is 1. The summed E-state index contributed by atoms with van der Waals surface area (Å²) < 4.78 is 19.0. The van der Waals surface area contributed by atoms with Gasteiger partial charge in [0.25, 0.3) is 0 Å². The molecule has 2 aromatic rings. The summed E-state index contributed by atoms with van der Waals surface area (Å²) in [6.45, 7) is 3.24. The molecule has 1 amide bonds. The maximum absolute atomic E-state index is 13.0. The molecule has 2 aliphatic rings. The van der Waals surface area contributed by atoms with E-state index in [1.54, 1.807) is 23.4 Å². The Bertz CT molecular complexity index is 808. The van der Waals surface area contributed by atoms with Gasteiger partial charge >= 0.3 is 0 Å². The number of amides is 1. The third kappa shape index (κ3) is 4.58. The van der Waals surface area contributed by atoms with Crippen molar-refractivity contribution in [1.29, 1.82) is 0 Å². The van der Waals surface area contributed by atoms with Gasteiger partial charge in [-0.15, -0.1) is 0 Å². The lowest BCUT2D eigenvalue weighted by molar-refractivity contribution is -0.129. The van der Waals surface area contributed by atoms with Crippen LogP contribution in [0.3, 0.4) is 0 Å². The van der Waals surface area contributed by atoms with Crippen molar-refractivity contribution in [2.75, 3.05) is 31.1 Å². The maximum atomic E-state index is 13.0. The number of halogens is 1. The smallest absolute Gasteiger partial charge is 0.227 e. The first-order chi connectivity index (χ1) is 13.7. The van der Waals surface area contributed by atoms with Crippen LogP contribution in [0.2, 0.25) is 0 Å². The summed E-state index contributed by atoms with van der Waals surface area (Å²) in [7, 11) is 0. The number of anilines is 1. The average molecular weight is 384 g/mol. The molecule has 1 atom stereocenters. The van der Waals surface area contributed by atoms with E-state index in [1.807, 2.05) is 6.07 Å². The lowest BCUT2D eigenvalue weighted by Gasteiger charge is -2.27. The molecule has 148 valence electrons. The normalized spacial score (nSPS) is 19.7. The van der Waals surface area contributed by atoms with Gasteiger partial charge in [0.15, 0.2) is 0 Å². The summed E-state index contributed by atoms with van der Waals surface area (Å²) in [5, 5.41) is 0. The SMILES string of the molecule is O=C(Cc1ccc(F)cc1)N1CCC(Oc2cc(N3CCCCC3)ncn2)C1. The summed E-state index contributed by atoms with van der Waals surface area (Å²) in [4.78, 5) is 25.2. The molecule has 6 nitrogen and oxygen atoms in total. The fraction of sp³-hybridized carbons (Fsp3) is 0.476. The Labute approximate surface area is 164 Å². The minimum absolute atomic E-state index is 0.0365. The first-order valence-corrected chi connectivity index (χ1v) is 9.93. The van der Waals surface area contributed by atoms with Crippen molar-refractivity contribution < 1.29 is 13.9 Å². The van der Waals surface area contributed by atoms with Crippen molar-refractivity contribution in [2.24, 2.45) is 0 Å². The Kier molecular flexibility index (Phi) is 5.69. The lowest BCUT2D eigenvalue weighted by Crippen LogP contribution is -2.32. The topological polar surface area (TPSA) is 58.6 Å². The third-order valence-corrected chi connectivity index (χ3v) is 5.36. The molecule has 1 unspecified atom stereocenters. The van der Waals surface area contributed by atoms with Crippen LogP contribution >= 0.6 is 0 Å². The van der Waals surface area contributed by atoms with Crippen molar-refractivity contribution >= 4 is 11.7 Å². The average Bonchev–Trinajstić information content (AvgIpc) is 3.19. The molecule has 0 N–H and O–H groups in total. The minimum Gasteiger partial charge on any atom is -0.472 e. The molecule has 4 rings (SSSR count).